The van der Waals surface area contributed by atoms with E-state index in [0.29, 0.717) is 29.1 Å². The van der Waals surface area contributed by atoms with Crippen molar-refractivity contribution >= 4 is 17.7 Å². The minimum atomic E-state index is -2.91. The van der Waals surface area contributed by atoms with E-state index in [-0.39, 0.29) is 12.3 Å². The molecule has 0 aliphatic rings. The van der Waals surface area contributed by atoms with Crippen molar-refractivity contribution < 1.29 is 18.3 Å². The first-order chi connectivity index (χ1) is 11.5. The Morgan fingerprint density at radius 2 is 2.08 bits per heavy atom. The number of alkyl halides is 2. The summed E-state index contributed by atoms with van der Waals surface area (Å²) >= 11 is 1.74. The summed E-state index contributed by atoms with van der Waals surface area (Å²) in [6.07, 6.45) is 2.04. The topological polar surface area (TPSA) is 54.9 Å². The third-order valence-electron chi connectivity index (χ3n) is 3.20. The van der Waals surface area contributed by atoms with E-state index in [1.165, 1.54) is 0 Å². The van der Waals surface area contributed by atoms with E-state index >= 15 is 0 Å². The smallest absolute Gasteiger partial charge is 0.387 e. The zero-order valence-corrected chi connectivity index (χ0v) is 15.3. The highest BCUT2D eigenvalue weighted by Crippen LogP contribution is 2.32. The zero-order chi connectivity index (χ0) is 17.9. The number of ether oxygens (including phenoxy) is 2. The number of nitrogens with one attached hydrogen (secondary N) is 2. The van der Waals surface area contributed by atoms with Crippen LogP contribution in [-0.4, -0.2) is 44.3 Å². The van der Waals surface area contributed by atoms with Gasteiger partial charge in [0, 0.05) is 31.0 Å². The van der Waals surface area contributed by atoms with Crippen molar-refractivity contribution in [2.45, 2.75) is 32.3 Å². The SMILES string of the molecule is CCOc1cccc(CNC(=NC)NCC(C)SC)c1OC(F)F. The molecule has 24 heavy (non-hydrogen) atoms. The monoisotopic (exact) mass is 361 g/mol. The molecule has 1 aromatic rings. The number of rotatable bonds is 9. The van der Waals surface area contributed by atoms with Crippen molar-refractivity contribution in [3.8, 4) is 11.5 Å². The van der Waals surface area contributed by atoms with E-state index in [4.69, 9.17) is 4.74 Å². The lowest BCUT2D eigenvalue weighted by Crippen LogP contribution is -2.39. The Balaban J connectivity index is 2.80. The van der Waals surface area contributed by atoms with Crippen molar-refractivity contribution in [2.75, 3.05) is 26.5 Å². The maximum atomic E-state index is 12.7. The van der Waals surface area contributed by atoms with E-state index in [0.717, 1.165) is 6.54 Å². The first-order valence-corrected chi connectivity index (χ1v) is 8.97. The van der Waals surface area contributed by atoms with E-state index in [2.05, 4.69) is 27.3 Å². The van der Waals surface area contributed by atoms with Crippen LogP contribution in [-0.2, 0) is 6.54 Å². The second-order valence-corrected chi connectivity index (χ2v) is 6.19. The van der Waals surface area contributed by atoms with Crippen molar-refractivity contribution in [1.29, 1.82) is 0 Å². The number of aliphatic imine (C=N–C) groups is 1. The summed E-state index contributed by atoms with van der Waals surface area (Å²) in [7, 11) is 1.66. The maximum Gasteiger partial charge on any atom is 0.387 e. The highest BCUT2D eigenvalue weighted by atomic mass is 32.2. The molecule has 0 radical (unpaired) electrons. The normalized spacial score (nSPS) is 12.9. The van der Waals surface area contributed by atoms with E-state index in [1.807, 2.05) is 6.26 Å². The standard InChI is InChI=1S/C16H25F2N3O2S/c1-5-22-13-8-6-7-12(14(13)23-15(17)18)10-21-16(19-3)20-9-11(2)24-4/h6-8,11,15H,5,9-10H2,1-4H3,(H2,19,20,21). The predicted octanol–water partition coefficient (Wildman–Crippen LogP) is 3.10. The number of nitrogens with zero attached hydrogens (tertiary/aromatic N) is 1. The Morgan fingerprint density at radius 3 is 2.67 bits per heavy atom. The molecule has 8 heteroatoms. The van der Waals surface area contributed by atoms with E-state index in [9.17, 15) is 8.78 Å². The minimum Gasteiger partial charge on any atom is -0.490 e. The lowest BCUT2D eigenvalue weighted by Gasteiger charge is -2.18. The van der Waals surface area contributed by atoms with Crippen LogP contribution in [0, 0.1) is 0 Å². The molecular formula is C16H25F2N3O2S. The first kappa shape index (κ1) is 20.3. The molecule has 5 nitrogen and oxygen atoms in total. The van der Waals surface area contributed by atoms with Crippen molar-refractivity contribution in [3.05, 3.63) is 23.8 Å². The van der Waals surface area contributed by atoms with Gasteiger partial charge in [0.1, 0.15) is 0 Å². The Kier molecular flexibility index (Phi) is 9.29. The maximum absolute atomic E-state index is 12.7. The Bertz CT molecular complexity index is 530. The highest BCUT2D eigenvalue weighted by molar-refractivity contribution is 7.99. The fraction of sp³-hybridized carbons (Fsp3) is 0.562. The summed E-state index contributed by atoms with van der Waals surface area (Å²) in [6.45, 7) is 2.38. The summed E-state index contributed by atoms with van der Waals surface area (Å²) in [5, 5.41) is 6.72. The Hall–Kier alpha value is -1.70. The lowest BCUT2D eigenvalue weighted by molar-refractivity contribution is -0.0520. The zero-order valence-electron chi connectivity index (χ0n) is 14.4. The molecule has 0 aliphatic carbocycles. The van der Waals surface area contributed by atoms with Gasteiger partial charge in [-0.3, -0.25) is 4.99 Å². The van der Waals surface area contributed by atoms with Crippen LogP contribution in [0.15, 0.2) is 23.2 Å². The lowest BCUT2D eigenvalue weighted by atomic mass is 10.2. The van der Waals surface area contributed by atoms with Crippen LogP contribution in [0.4, 0.5) is 8.78 Å². The van der Waals surface area contributed by atoms with Crippen LogP contribution in [0.25, 0.3) is 0 Å². The molecule has 1 atom stereocenters. The summed E-state index contributed by atoms with van der Waals surface area (Å²) in [4.78, 5) is 4.12. The predicted molar refractivity (Wildman–Crippen MR) is 95.4 cm³/mol. The number of hydrogen-bond donors (Lipinski definition) is 2. The van der Waals surface area contributed by atoms with Crippen molar-refractivity contribution in [1.82, 2.24) is 10.6 Å². The van der Waals surface area contributed by atoms with Gasteiger partial charge in [-0.25, -0.2) is 0 Å². The quantitative estimate of drug-likeness (QED) is 0.523. The van der Waals surface area contributed by atoms with Gasteiger partial charge in [0.05, 0.1) is 6.61 Å². The van der Waals surface area contributed by atoms with Gasteiger partial charge in [-0.05, 0) is 19.2 Å². The van der Waals surface area contributed by atoms with Crippen LogP contribution >= 0.6 is 11.8 Å². The van der Waals surface area contributed by atoms with Crippen LogP contribution in [0.1, 0.15) is 19.4 Å². The molecule has 0 aromatic heterocycles. The largest absolute Gasteiger partial charge is 0.490 e. The highest BCUT2D eigenvalue weighted by Gasteiger charge is 2.16. The van der Waals surface area contributed by atoms with Crippen LogP contribution in [0.3, 0.4) is 0 Å². The van der Waals surface area contributed by atoms with Gasteiger partial charge < -0.3 is 20.1 Å². The molecule has 0 fully saturated rings. The average molecular weight is 361 g/mol. The molecule has 0 saturated carbocycles. The Labute approximate surface area is 146 Å². The second-order valence-electron chi connectivity index (χ2n) is 4.91. The molecule has 0 amide bonds. The molecule has 2 N–H and O–H groups in total. The molecule has 0 aliphatic heterocycles. The molecule has 0 spiro atoms. The number of halogens is 2. The van der Waals surface area contributed by atoms with E-state index in [1.54, 1.807) is 43.9 Å². The van der Waals surface area contributed by atoms with Crippen LogP contribution in [0.5, 0.6) is 11.5 Å². The van der Waals surface area contributed by atoms with Gasteiger partial charge in [0.2, 0.25) is 0 Å². The van der Waals surface area contributed by atoms with Crippen molar-refractivity contribution in [3.63, 3.8) is 0 Å². The summed E-state index contributed by atoms with van der Waals surface area (Å²) in [6, 6.07) is 5.06. The summed E-state index contributed by atoms with van der Waals surface area (Å²) < 4.78 is 35.4. The number of thioether (sulfide) groups is 1. The average Bonchev–Trinajstić information content (AvgIpc) is 2.56. The number of para-hydroxylation sites is 1. The summed E-state index contributed by atoms with van der Waals surface area (Å²) in [5.74, 6) is 0.951. The third-order valence-corrected chi connectivity index (χ3v) is 4.17. The Morgan fingerprint density at radius 1 is 1.33 bits per heavy atom. The molecule has 0 saturated heterocycles. The molecule has 1 rings (SSSR count). The van der Waals surface area contributed by atoms with Gasteiger partial charge in [0.15, 0.2) is 17.5 Å². The first-order valence-electron chi connectivity index (χ1n) is 7.68. The number of hydrogen-bond acceptors (Lipinski definition) is 4. The molecule has 1 unspecified atom stereocenters. The fourth-order valence-electron chi connectivity index (χ4n) is 1.92. The van der Waals surface area contributed by atoms with Crippen molar-refractivity contribution in [2.24, 2.45) is 4.99 Å². The number of benzene rings is 1. The molecule has 0 heterocycles. The molecular weight excluding hydrogens is 336 g/mol. The molecule has 136 valence electrons. The van der Waals surface area contributed by atoms with Gasteiger partial charge >= 0.3 is 6.61 Å². The fourth-order valence-corrected chi connectivity index (χ4v) is 2.17. The van der Waals surface area contributed by atoms with Crippen LogP contribution < -0.4 is 20.1 Å². The van der Waals surface area contributed by atoms with Gasteiger partial charge in [0.25, 0.3) is 0 Å². The summed E-state index contributed by atoms with van der Waals surface area (Å²) in [5.41, 5.74) is 0.571. The van der Waals surface area contributed by atoms with Crippen LogP contribution in [0.2, 0.25) is 0 Å². The minimum absolute atomic E-state index is 0.0507. The van der Waals surface area contributed by atoms with Gasteiger partial charge in [-0.1, -0.05) is 19.1 Å². The third kappa shape index (κ3) is 6.82. The van der Waals surface area contributed by atoms with Gasteiger partial charge in [-0.15, -0.1) is 0 Å². The molecule has 1 aromatic carbocycles. The second kappa shape index (κ2) is 11.0. The van der Waals surface area contributed by atoms with Gasteiger partial charge in [-0.2, -0.15) is 20.5 Å². The molecule has 0 bridgehead atoms. The van der Waals surface area contributed by atoms with E-state index < -0.39 is 6.61 Å². The number of guanidine groups is 1.